The van der Waals surface area contributed by atoms with Gasteiger partial charge in [-0.1, -0.05) is 0 Å². The first-order valence-corrected chi connectivity index (χ1v) is 31.1. The highest BCUT2D eigenvalue weighted by atomic mass is 32.2. The van der Waals surface area contributed by atoms with Gasteiger partial charge in [-0.05, 0) is 122 Å². The van der Waals surface area contributed by atoms with Crippen molar-refractivity contribution in [3.63, 3.8) is 0 Å². The molecular formula is C51H78F9N9O12S3. The molecule has 0 aliphatic carbocycles. The minimum atomic E-state index is -4.72. The van der Waals surface area contributed by atoms with Crippen LogP contribution in [0.2, 0.25) is 0 Å². The average Bonchev–Trinajstić information content (AvgIpc) is 2.25. The van der Waals surface area contributed by atoms with Crippen LogP contribution in [0, 0.1) is 17.8 Å². The zero-order valence-electron chi connectivity index (χ0n) is 49.7. The first kappa shape index (κ1) is 71.1. The first-order chi connectivity index (χ1) is 38.0. The lowest BCUT2D eigenvalue weighted by molar-refractivity contribution is 0.0121. The van der Waals surface area contributed by atoms with Gasteiger partial charge in [-0.2, -0.15) is 15.3 Å². The third-order valence-electron chi connectivity index (χ3n) is 14.2. The van der Waals surface area contributed by atoms with Crippen LogP contribution in [0.25, 0.3) is 0 Å². The number of alkyl halides is 9. The molecular weight excluding hydrogens is 1200 g/mol. The van der Waals surface area contributed by atoms with E-state index in [1.165, 1.54) is 35.8 Å². The van der Waals surface area contributed by atoms with E-state index in [1.807, 2.05) is 0 Å². The molecule has 21 nitrogen and oxygen atoms in total. The summed E-state index contributed by atoms with van der Waals surface area (Å²) in [5.41, 5.74) is -4.93. The van der Waals surface area contributed by atoms with Crippen LogP contribution in [0.1, 0.15) is 158 Å². The van der Waals surface area contributed by atoms with Crippen molar-refractivity contribution < 1.29 is 93.4 Å². The van der Waals surface area contributed by atoms with Crippen molar-refractivity contribution in [2.45, 2.75) is 187 Å². The number of likely N-dealkylation sites (tertiary alicyclic amines) is 3. The Balaban J connectivity index is 0.000000270. The van der Waals surface area contributed by atoms with Gasteiger partial charge in [0, 0.05) is 96.8 Å². The highest BCUT2D eigenvalue weighted by Gasteiger charge is 2.54. The number of halogens is 9. The first-order valence-electron chi connectivity index (χ1n) is 26.7. The summed E-state index contributed by atoms with van der Waals surface area (Å²) in [6.07, 6.45) is -8.02. The number of nitrogens with zero attached hydrogens (tertiary/aromatic N) is 9. The number of ether oxygens (including phenoxy) is 3. The lowest BCUT2D eigenvalue weighted by Gasteiger charge is -2.37. The zero-order valence-corrected chi connectivity index (χ0v) is 52.2. The Hall–Kier alpha value is -5.34. The molecule has 0 radical (unpaired) electrons. The van der Waals surface area contributed by atoms with E-state index >= 15 is 13.2 Å². The molecule has 480 valence electrons. The van der Waals surface area contributed by atoms with E-state index in [9.17, 15) is 66.0 Å². The number of piperidine rings is 3. The number of aromatic nitrogens is 6. The van der Waals surface area contributed by atoms with Crippen LogP contribution in [0.5, 0.6) is 0 Å². The van der Waals surface area contributed by atoms with Crippen LogP contribution >= 0.6 is 0 Å². The number of hydrogen-bond acceptors (Lipinski definition) is 15. The maximum absolute atomic E-state index is 15.5. The Kier molecular flexibility index (Phi) is 22.0. The molecule has 0 N–H and O–H groups in total. The van der Waals surface area contributed by atoms with E-state index in [1.54, 1.807) is 62.3 Å². The van der Waals surface area contributed by atoms with Gasteiger partial charge >= 0.3 is 18.3 Å². The molecule has 33 heteroatoms. The Morgan fingerprint density at radius 1 is 0.417 bits per heavy atom. The van der Waals surface area contributed by atoms with Gasteiger partial charge in [-0.25, -0.2) is 79.2 Å². The van der Waals surface area contributed by atoms with Gasteiger partial charge in [-0.15, -0.1) is 0 Å². The van der Waals surface area contributed by atoms with Crippen molar-refractivity contribution in [1.82, 2.24) is 44.0 Å². The minimum Gasteiger partial charge on any atom is -0.444 e. The Morgan fingerprint density at radius 2 is 0.595 bits per heavy atom. The van der Waals surface area contributed by atoms with Gasteiger partial charge < -0.3 is 28.9 Å². The molecule has 0 aromatic carbocycles. The summed E-state index contributed by atoms with van der Waals surface area (Å²) in [7, 11) is -10.3. The normalized spacial score (nSPS) is 19.0. The second-order valence-corrected chi connectivity index (χ2v) is 31.0. The average molecular weight is 1280 g/mol. The molecule has 0 saturated carbocycles. The molecule has 6 rings (SSSR count). The molecule has 0 spiro atoms. The van der Waals surface area contributed by atoms with Gasteiger partial charge in [0.25, 0.3) is 19.3 Å². The van der Waals surface area contributed by atoms with Crippen molar-refractivity contribution >= 4 is 47.8 Å². The molecule has 0 bridgehead atoms. The van der Waals surface area contributed by atoms with Crippen LogP contribution in [-0.2, 0) is 64.9 Å². The second-order valence-electron chi connectivity index (χ2n) is 24.3. The molecule has 3 saturated heterocycles. The summed E-state index contributed by atoms with van der Waals surface area (Å²) in [4.78, 5) is 38.1. The fourth-order valence-electron chi connectivity index (χ4n) is 9.54. The molecule has 3 aliphatic heterocycles. The SMILES string of the molecule is Cn1cc(S(=O)(=O)C(C)(F)C2CCN(C(=O)OC(C)(C)C)CC2)c(C(F)F)n1.Cn1cc(S(=O)(=O)[C@@](C)(F)C2CCN(C(=O)OC(C)(C)C)CC2)c(C(F)F)n1.Cn1cc(S(=O)(=O)[C@](C)(F)C2CCN(C(=O)OC(C)(C)C)CC2)c(C(F)F)n1. The van der Waals surface area contributed by atoms with Crippen molar-refractivity contribution in [1.29, 1.82) is 0 Å². The van der Waals surface area contributed by atoms with Gasteiger partial charge in [0.2, 0.25) is 44.5 Å². The number of carbonyl (C=O) groups excluding carboxylic acids is 3. The van der Waals surface area contributed by atoms with Gasteiger partial charge in [0.15, 0.2) is 0 Å². The van der Waals surface area contributed by atoms with Crippen LogP contribution in [0.3, 0.4) is 0 Å². The Morgan fingerprint density at radius 3 is 0.750 bits per heavy atom. The summed E-state index contributed by atoms with van der Waals surface area (Å²) < 4.78 is 221. The largest absolute Gasteiger partial charge is 0.444 e. The van der Waals surface area contributed by atoms with Crippen molar-refractivity contribution in [3.05, 3.63) is 35.7 Å². The number of rotatable bonds is 12. The highest BCUT2D eigenvalue weighted by molar-refractivity contribution is 7.93. The van der Waals surface area contributed by atoms with Crippen LogP contribution < -0.4 is 0 Å². The number of aryl methyl sites for hydroxylation is 3. The zero-order chi connectivity index (χ0) is 64.5. The lowest BCUT2D eigenvalue weighted by atomic mass is 9.92. The molecule has 3 fully saturated rings. The Labute approximate surface area is 484 Å². The molecule has 3 aromatic heterocycles. The molecule has 3 aromatic rings. The summed E-state index contributed by atoms with van der Waals surface area (Å²) in [5.74, 6) is -2.87. The lowest BCUT2D eigenvalue weighted by Crippen LogP contribution is -2.48. The summed E-state index contributed by atoms with van der Waals surface area (Å²) in [5, 5.41) is 2.03. The molecule has 84 heavy (non-hydrogen) atoms. The molecule has 1 unspecified atom stereocenters. The number of carbonyl (C=O) groups is 3. The summed E-state index contributed by atoms with van der Waals surface area (Å²) in [6, 6.07) is 0. The predicted molar refractivity (Wildman–Crippen MR) is 286 cm³/mol. The summed E-state index contributed by atoms with van der Waals surface area (Å²) in [6.45, 7) is 18.8. The Bertz CT molecular complexity index is 2800. The predicted octanol–water partition coefficient (Wildman–Crippen LogP) is 10.4. The van der Waals surface area contributed by atoms with E-state index in [0.717, 1.165) is 53.4 Å². The van der Waals surface area contributed by atoms with E-state index in [0.29, 0.717) is 0 Å². The monoisotopic (exact) mass is 1280 g/mol. The summed E-state index contributed by atoms with van der Waals surface area (Å²) >= 11 is 0. The maximum Gasteiger partial charge on any atom is 0.410 e. The fraction of sp³-hybridized carbons (Fsp3) is 0.765. The number of sulfone groups is 3. The van der Waals surface area contributed by atoms with Crippen molar-refractivity contribution in [2.24, 2.45) is 38.9 Å². The van der Waals surface area contributed by atoms with Crippen molar-refractivity contribution in [3.8, 4) is 0 Å². The molecule has 3 amide bonds. The van der Waals surface area contributed by atoms with Gasteiger partial charge in [0.1, 0.15) is 48.6 Å². The van der Waals surface area contributed by atoms with Crippen LogP contribution in [0.15, 0.2) is 33.3 Å². The van der Waals surface area contributed by atoms with E-state index in [4.69, 9.17) is 14.2 Å². The third kappa shape index (κ3) is 16.6. The van der Waals surface area contributed by atoms with E-state index < -0.39 is 148 Å². The highest BCUT2D eigenvalue weighted by Crippen LogP contribution is 2.45. The standard InChI is InChI=1S/3C17H26F3N3O4S/c3*1-16(2,3)27-15(24)23-8-6-11(7-9-23)17(4,20)28(25,26)12-10-22(5)21-13(12)14(18)19/h3*10-11,14H,6-9H2,1-5H3/t2*17-;/m10./s1. The number of hydrogen-bond donors (Lipinski definition) is 0. The van der Waals surface area contributed by atoms with E-state index in [2.05, 4.69) is 15.3 Å². The molecule has 6 heterocycles. The quantitative estimate of drug-likeness (QED) is 0.121. The molecule has 3 atom stereocenters. The van der Waals surface area contributed by atoms with Crippen LogP contribution in [-0.4, -0.2) is 159 Å². The van der Waals surface area contributed by atoms with Gasteiger partial charge in [-0.3, -0.25) is 14.0 Å². The van der Waals surface area contributed by atoms with Crippen LogP contribution in [0.4, 0.5) is 53.9 Å². The maximum atomic E-state index is 15.5. The topological polar surface area (TPSA) is 244 Å². The minimum absolute atomic E-state index is 0.0652. The smallest absolute Gasteiger partial charge is 0.410 e. The third-order valence-corrected chi connectivity index (χ3v) is 21.0. The number of amides is 3. The van der Waals surface area contributed by atoms with Crippen molar-refractivity contribution in [2.75, 3.05) is 39.3 Å². The van der Waals surface area contributed by atoms with E-state index in [-0.39, 0.29) is 77.8 Å². The molecule has 3 aliphatic rings. The van der Waals surface area contributed by atoms with Gasteiger partial charge in [0.05, 0.1) is 0 Å². The second kappa shape index (κ2) is 25.9. The fourth-order valence-corrected chi connectivity index (χ4v) is 14.9.